The summed E-state index contributed by atoms with van der Waals surface area (Å²) < 4.78 is 25.2. The fraction of sp³-hybridized carbons (Fsp3) is 0.394. The van der Waals surface area contributed by atoms with Gasteiger partial charge in [0.15, 0.2) is 11.6 Å². The fourth-order valence-electron chi connectivity index (χ4n) is 4.38. The average Bonchev–Trinajstić information content (AvgIpc) is 2.94. The molecule has 1 N–H and O–H groups in total. The third kappa shape index (κ3) is 10.2. The minimum Gasteiger partial charge on any atom is -0.508 e. The Kier molecular flexibility index (Phi) is 13.2. The van der Waals surface area contributed by atoms with Crippen LogP contribution in [0.2, 0.25) is 0 Å². The molecule has 0 saturated heterocycles. The maximum Gasteiger partial charge on any atom is 0.165 e. The van der Waals surface area contributed by atoms with Crippen molar-refractivity contribution < 1.29 is 19.0 Å². The number of halogens is 1. The number of anilines is 1. The lowest BCUT2D eigenvalue weighted by Gasteiger charge is -2.29. The molecule has 0 fully saturated rings. The van der Waals surface area contributed by atoms with Gasteiger partial charge in [0.25, 0.3) is 0 Å². The summed E-state index contributed by atoms with van der Waals surface area (Å²) in [5.41, 5.74) is 4.72. The molecule has 210 valence electrons. The van der Waals surface area contributed by atoms with Crippen LogP contribution in [0.15, 0.2) is 60.7 Å². The van der Waals surface area contributed by atoms with Crippen LogP contribution in [0, 0.1) is 18.7 Å². The summed E-state index contributed by atoms with van der Waals surface area (Å²) in [6.07, 6.45) is 12.9. The molecule has 0 spiro atoms. The zero-order valence-electron chi connectivity index (χ0n) is 24.0. The molecule has 0 aliphatic heterocycles. The van der Waals surface area contributed by atoms with E-state index in [1.807, 2.05) is 61.5 Å². The molecule has 0 radical (unpaired) electrons. The van der Waals surface area contributed by atoms with Crippen molar-refractivity contribution in [1.29, 1.82) is 0 Å². The first-order valence-corrected chi connectivity index (χ1v) is 13.4. The molecule has 6 heteroatoms. The molecule has 0 amide bonds. The number of rotatable bonds is 9. The number of hydrogen-bond acceptors (Lipinski definition) is 5. The van der Waals surface area contributed by atoms with Gasteiger partial charge in [0.1, 0.15) is 18.1 Å². The first-order chi connectivity index (χ1) is 18.8. The van der Waals surface area contributed by atoms with Crippen molar-refractivity contribution in [3.63, 3.8) is 0 Å². The Morgan fingerprint density at radius 2 is 1.67 bits per heavy atom. The Morgan fingerprint density at radius 3 is 2.31 bits per heavy atom. The number of phenols is 1. The van der Waals surface area contributed by atoms with Crippen LogP contribution in [0.5, 0.6) is 17.2 Å². The molecule has 4 rings (SSSR count). The zero-order chi connectivity index (χ0) is 28.8. The molecule has 0 heterocycles. The number of ether oxygens (including phenoxy) is 2. The summed E-state index contributed by atoms with van der Waals surface area (Å²) in [5.74, 6) is 1.19. The third-order valence-corrected chi connectivity index (χ3v) is 6.49. The molecule has 1 aliphatic carbocycles. The Labute approximate surface area is 234 Å². The quantitative estimate of drug-likeness (QED) is 0.309. The summed E-state index contributed by atoms with van der Waals surface area (Å²) in [7, 11) is 5.58. The Bertz CT molecular complexity index is 1180. The molecule has 5 nitrogen and oxygen atoms in total. The van der Waals surface area contributed by atoms with Gasteiger partial charge in [0, 0.05) is 30.9 Å². The van der Waals surface area contributed by atoms with Gasteiger partial charge in [-0.15, -0.1) is 12.8 Å². The predicted octanol–water partition coefficient (Wildman–Crippen LogP) is 6.71. The molecule has 0 aromatic heterocycles. The van der Waals surface area contributed by atoms with E-state index in [9.17, 15) is 9.50 Å². The van der Waals surface area contributed by atoms with Gasteiger partial charge in [-0.2, -0.15) is 0 Å². The van der Waals surface area contributed by atoms with Crippen LogP contribution >= 0.6 is 0 Å². The summed E-state index contributed by atoms with van der Waals surface area (Å²) >= 11 is 0. The van der Waals surface area contributed by atoms with Crippen molar-refractivity contribution in [3.05, 3.63) is 83.2 Å². The first kappa shape index (κ1) is 31.5. The van der Waals surface area contributed by atoms with Crippen LogP contribution in [0.3, 0.4) is 0 Å². The lowest BCUT2D eigenvalue weighted by molar-refractivity contribution is 0.252. The van der Waals surface area contributed by atoms with E-state index in [1.54, 1.807) is 25.3 Å². The lowest BCUT2D eigenvalue weighted by atomic mass is 9.92. The van der Waals surface area contributed by atoms with Gasteiger partial charge in [-0.3, -0.25) is 0 Å². The van der Waals surface area contributed by atoms with Crippen molar-refractivity contribution in [3.8, 4) is 30.1 Å². The topological polar surface area (TPSA) is 45.2 Å². The molecule has 39 heavy (non-hydrogen) atoms. The number of methoxy groups -OCH3 is 1. The predicted molar refractivity (Wildman–Crippen MR) is 159 cm³/mol. The summed E-state index contributed by atoms with van der Waals surface area (Å²) in [6.45, 7) is 6.06. The minimum atomic E-state index is -0.324. The van der Waals surface area contributed by atoms with E-state index in [0.29, 0.717) is 24.7 Å². The second-order valence-corrected chi connectivity index (χ2v) is 10.00. The molecule has 0 saturated carbocycles. The van der Waals surface area contributed by atoms with E-state index in [4.69, 9.17) is 9.47 Å². The number of fused-ring (bicyclic) bond motifs is 1. The molecule has 3 aromatic rings. The molecule has 0 atom stereocenters. The SMILES string of the molecule is C#C.COc1cccc(N(Cc2ccc(OCCN(C)C)c(F)c2)C(C)C)c1.Oc1ccc2c(c1)CCCC2. The number of likely N-dealkylation sites (N-methyl/N-ethyl adjacent to an activating group) is 1. The van der Waals surface area contributed by atoms with Crippen LogP contribution < -0.4 is 14.4 Å². The van der Waals surface area contributed by atoms with Crippen molar-refractivity contribution in [1.82, 2.24) is 4.90 Å². The van der Waals surface area contributed by atoms with Crippen LogP contribution in [0.4, 0.5) is 10.1 Å². The van der Waals surface area contributed by atoms with E-state index >= 15 is 0 Å². The zero-order valence-corrected chi connectivity index (χ0v) is 24.0. The van der Waals surface area contributed by atoms with Crippen molar-refractivity contribution >= 4 is 5.69 Å². The maximum atomic E-state index is 14.4. The highest BCUT2D eigenvalue weighted by atomic mass is 19.1. The number of hydrogen-bond donors (Lipinski definition) is 1. The fourth-order valence-corrected chi connectivity index (χ4v) is 4.38. The Balaban J connectivity index is 0.000000338. The van der Waals surface area contributed by atoms with E-state index in [-0.39, 0.29) is 11.9 Å². The molecule has 3 aromatic carbocycles. The van der Waals surface area contributed by atoms with Gasteiger partial charge < -0.3 is 24.4 Å². The van der Waals surface area contributed by atoms with Gasteiger partial charge in [0.05, 0.1) is 7.11 Å². The average molecular weight is 535 g/mol. The molecule has 0 unspecified atom stereocenters. The van der Waals surface area contributed by atoms with Crippen LogP contribution in [0.25, 0.3) is 0 Å². The smallest absolute Gasteiger partial charge is 0.165 e. The second-order valence-electron chi connectivity index (χ2n) is 10.00. The second kappa shape index (κ2) is 16.3. The van der Waals surface area contributed by atoms with Gasteiger partial charge in [-0.1, -0.05) is 18.2 Å². The van der Waals surface area contributed by atoms with Crippen molar-refractivity contribution in [2.24, 2.45) is 0 Å². The number of benzene rings is 3. The number of aromatic hydroxyl groups is 1. The highest BCUT2D eigenvalue weighted by molar-refractivity contribution is 5.52. The van der Waals surface area contributed by atoms with Crippen LogP contribution in [-0.4, -0.2) is 50.4 Å². The van der Waals surface area contributed by atoms with Crippen LogP contribution in [0.1, 0.15) is 43.4 Å². The highest BCUT2D eigenvalue weighted by Gasteiger charge is 2.14. The number of phenolic OH excluding ortho intramolecular Hbond substituents is 1. The Hall–Kier alpha value is -3.69. The third-order valence-electron chi connectivity index (χ3n) is 6.49. The number of aryl methyl sites for hydroxylation is 2. The Morgan fingerprint density at radius 1 is 0.949 bits per heavy atom. The summed E-state index contributed by atoms with van der Waals surface area (Å²) in [6, 6.07) is 19.1. The van der Waals surface area contributed by atoms with Gasteiger partial charge in [-0.25, -0.2) is 4.39 Å². The van der Waals surface area contributed by atoms with Crippen molar-refractivity contribution in [2.75, 3.05) is 39.3 Å². The summed E-state index contributed by atoms with van der Waals surface area (Å²) in [4.78, 5) is 4.21. The van der Waals surface area contributed by atoms with Gasteiger partial charge in [0.2, 0.25) is 0 Å². The summed E-state index contributed by atoms with van der Waals surface area (Å²) in [5, 5.41) is 9.19. The monoisotopic (exact) mass is 534 g/mol. The molecule has 0 bridgehead atoms. The largest absolute Gasteiger partial charge is 0.508 e. The lowest BCUT2D eigenvalue weighted by Crippen LogP contribution is -2.30. The number of terminal acetylenes is 1. The van der Waals surface area contributed by atoms with E-state index in [1.165, 1.54) is 30.4 Å². The normalized spacial score (nSPS) is 11.9. The van der Waals surface area contributed by atoms with Crippen molar-refractivity contribution in [2.45, 2.75) is 52.1 Å². The minimum absolute atomic E-state index is 0.265. The van der Waals surface area contributed by atoms with E-state index < -0.39 is 0 Å². The molecular weight excluding hydrogens is 491 g/mol. The highest BCUT2D eigenvalue weighted by Crippen LogP contribution is 2.27. The van der Waals surface area contributed by atoms with E-state index in [2.05, 4.69) is 31.6 Å². The number of nitrogens with zero attached hydrogens (tertiary/aromatic N) is 2. The maximum absolute atomic E-state index is 14.4. The van der Waals surface area contributed by atoms with Gasteiger partial charge in [-0.05, 0) is 107 Å². The van der Waals surface area contributed by atoms with Crippen LogP contribution in [-0.2, 0) is 19.4 Å². The molecule has 1 aliphatic rings. The van der Waals surface area contributed by atoms with E-state index in [0.717, 1.165) is 30.0 Å². The first-order valence-electron chi connectivity index (χ1n) is 13.4. The van der Waals surface area contributed by atoms with Gasteiger partial charge >= 0.3 is 0 Å². The standard InChI is InChI=1S/C21H29FN2O2.C10H12O.C2H2/c1-16(2)24(18-7-6-8-19(14-18)25-5)15-17-9-10-21(20(22)13-17)26-12-11-23(3)4;11-10-6-5-8-3-1-2-4-9(8)7-10;1-2/h6-10,13-14,16H,11-12,15H2,1-5H3;5-7,11H,1-4H2;1-2H. The molecular formula is C33H43FN2O3.